The molecule has 0 aromatic heterocycles. The van der Waals surface area contributed by atoms with E-state index in [0.29, 0.717) is 11.0 Å². The molecule has 0 atom stereocenters. The van der Waals surface area contributed by atoms with Crippen molar-refractivity contribution in [2.45, 2.75) is 93.7 Å². The van der Waals surface area contributed by atoms with Gasteiger partial charge in [-0.2, -0.15) is 0 Å². The van der Waals surface area contributed by atoms with E-state index in [1.165, 1.54) is 39.0 Å². The third-order valence-electron chi connectivity index (χ3n) is 6.30. The molecular formula is C22H46N2. The molecule has 0 saturated carbocycles. The van der Waals surface area contributed by atoms with Crippen molar-refractivity contribution in [1.82, 2.24) is 9.80 Å². The molecule has 2 saturated heterocycles. The quantitative estimate of drug-likeness (QED) is 0.653. The summed E-state index contributed by atoms with van der Waals surface area (Å²) in [6.07, 6.45) is 2.83. The summed E-state index contributed by atoms with van der Waals surface area (Å²) in [5.41, 5.74) is 0.878. The molecule has 0 aromatic rings. The van der Waals surface area contributed by atoms with Crippen LogP contribution in [0.15, 0.2) is 0 Å². The number of likely N-dealkylation sites (tertiary alicyclic amines) is 2. The van der Waals surface area contributed by atoms with Crippen LogP contribution >= 0.6 is 0 Å². The Bertz CT molecular complexity index is 311. The third-order valence-corrected chi connectivity index (χ3v) is 6.30. The minimum absolute atomic E-state index is 0.377. The van der Waals surface area contributed by atoms with Crippen molar-refractivity contribution in [3.63, 3.8) is 0 Å². The van der Waals surface area contributed by atoms with Crippen LogP contribution in [0.2, 0.25) is 0 Å². The molecule has 144 valence electrons. The van der Waals surface area contributed by atoms with E-state index in [9.17, 15) is 0 Å². The van der Waals surface area contributed by atoms with Crippen molar-refractivity contribution in [2.24, 2.45) is 23.2 Å². The predicted molar refractivity (Wildman–Crippen MR) is 109 cm³/mol. The summed E-state index contributed by atoms with van der Waals surface area (Å²) in [6, 6.07) is 0.748. The van der Waals surface area contributed by atoms with Crippen molar-refractivity contribution in [3.8, 4) is 0 Å². The highest BCUT2D eigenvalue weighted by Crippen LogP contribution is 2.36. The SMILES string of the molecule is CC(C)(C)C1CN(C(C)(C)C)C1.CC(C)C1CCN(C(C)C)CC1. The molecule has 2 heteroatoms. The average molecular weight is 339 g/mol. The highest BCUT2D eigenvalue weighted by atomic mass is 15.2. The van der Waals surface area contributed by atoms with Crippen LogP contribution in [0.3, 0.4) is 0 Å². The Kier molecular flexibility index (Phi) is 7.81. The molecule has 0 aromatic carbocycles. The second kappa shape index (κ2) is 8.54. The Labute approximate surface area is 153 Å². The summed E-state index contributed by atoms with van der Waals surface area (Å²) in [4.78, 5) is 5.15. The molecule has 2 rings (SSSR count). The highest BCUT2D eigenvalue weighted by Gasteiger charge is 2.40. The Hall–Kier alpha value is -0.0800. The maximum Gasteiger partial charge on any atom is 0.0125 e. The van der Waals surface area contributed by atoms with Gasteiger partial charge in [0.15, 0.2) is 0 Å². The van der Waals surface area contributed by atoms with Crippen LogP contribution in [-0.4, -0.2) is 47.6 Å². The Morgan fingerprint density at radius 2 is 1.25 bits per heavy atom. The number of nitrogens with zero attached hydrogens (tertiary/aromatic N) is 2. The number of hydrogen-bond acceptors (Lipinski definition) is 2. The van der Waals surface area contributed by atoms with Crippen LogP contribution in [0, 0.1) is 23.2 Å². The fourth-order valence-electron chi connectivity index (χ4n) is 3.68. The van der Waals surface area contributed by atoms with Crippen LogP contribution in [0.25, 0.3) is 0 Å². The first-order chi connectivity index (χ1) is 10.8. The number of rotatable bonds is 2. The lowest BCUT2D eigenvalue weighted by Gasteiger charge is -2.52. The van der Waals surface area contributed by atoms with Gasteiger partial charge in [-0.15, -0.1) is 0 Å². The fraction of sp³-hybridized carbons (Fsp3) is 1.00. The zero-order chi connectivity index (χ0) is 18.7. The second-order valence-corrected chi connectivity index (χ2v) is 10.8. The largest absolute Gasteiger partial charge is 0.301 e. The van der Waals surface area contributed by atoms with Gasteiger partial charge in [0.25, 0.3) is 0 Å². The number of piperidine rings is 1. The van der Waals surface area contributed by atoms with Gasteiger partial charge in [-0.25, -0.2) is 0 Å². The van der Waals surface area contributed by atoms with E-state index in [0.717, 1.165) is 23.8 Å². The Morgan fingerprint density at radius 1 is 0.792 bits per heavy atom. The van der Waals surface area contributed by atoms with Crippen LogP contribution in [0.1, 0.15) is 82.1 Å². The minimum Gasteiger partial charge on any atom is -0.301 e. The van der Waals surface area contributed by atoms with Gasteiger partial charge in [0.05, 0.1) is 0 Å². The van der Waals surface area contributed by atoms with E-state index in [1.807, 2.05) is 0 Å². The van der Waals surface area contributed by atoms with Crippen molar-refractivity contribution in [2.75, 3.05) is 26.2 Å². The van der Waals surface area contributed by atoms with E-state index in [-0.39, 0.29) is 0 Å². The van der Waals surface area contributed by atoms with E-state index in [4.69, 9.17) is 0 Å². The maximum absolute atomic E-state index is 2.60. The van der Waals surface area contributed by atoms with Crippen LogP contribution in [-0.2, 0) is 0 Å². The van der Waals surface area contributed by atoms with Gasteiger partial charge in [-0.1, -0.05) is 34.6 Å². The van der Waals surface area contributed by atoms with E-state index < -0.39 is 0 Å². The zero-order valence-electron chi connectivity index (χ0n) is 18.4. The lowest BCUT2D eigenvalue weighted by molar-refractivity contribution is -0.0345. The summed E-state index contributed by atoms with van der Waals surface area (Å²) in [6.45, 7) is 28.5. The molecular weight excluding hydrogens is 292 g/mol. The molecule has 2 aliphatic rings. The average Bonchev–Trinajstić information content (AvgIpc) is 2.34. The molecule has 0 bridgehead atoms. The summed E-state index contributed by atoms with van der Waals surface area (Å²) >= 11 is 0. The first-order valence-corrected chi connectivity index (χ1v) is 10.3. The monoisotopic (exact) mass is 338 g/mol. The standard InChI is InChI=1S/2C11H23N/c1-10(2,3)9-7-12(8-9)11(4,5)6;1-9(2)11-5-7-12(8-6-11)10(3)4/h9H,7-8H2,1-6H3;9-11H,5-8H2,1-4H3. The summed E-state index contributed by atoms with van der Waals surface area (Å²) in [5, 5.41) is 0. The van der Waals surface area contributed by atoms with Gasteiger partial charge >= 0.3 is 0 Å². The third kappa shape index (κ3) is 6.67. The molecule has 2 nitrogen and oxygen atoms in total. The Balaban J connectivity index is 0.000000240. The van der Waals surface area contributed by atoms with Crippen molar-refractivity contribution >= 4 is 0 Å². The van der Waals surface area contributed by atoms with Crippen LogP contribution < -0.4 is 0 Å². The lowest BCUT2D eigenvalue weighted by atomic mass is 9.74. The van der Waals surface area contributed by atoms with Gasteiger partial charge in [-0.3, -0.25) is 4.90 Å². The number of hydrogen-bond donors (Lipinski definition) is 0. The second-order valence-electron chi connectivity index (χ2n) is 10.8. The summed E-state index contributed by atoms with van der Waals surface area (Å²) < 4.78 is 0. The zero-order valence-corrected chi connectivity index (χ0v) is 18.4. The minimum atomic E-state index is 0.377. The molecule has 0 N–H and O–H groups in total. The first-order valence-electron chi connectivity index (χ1n) is 10.3. The van der Waals surface area contributed by atoms with Crippen molar-refractivity contribution < 1.29 is 0 Å². The normalized spacial score (nSPS) is 22.5. The molecule has 2 fully saturated rings. The lowest BCUT2D eigenvalue weighted by Crippen LogP contribution is -2.59. The van der Waals surface area contributed by atoms with E-state index >= 15 is 0 Å². The van der Waals surface area contributed by atoms with Crippen molar-refractivity contribution in [3.05, 3.63) is 0 Å². The predicted octanol–water partition coefficient (Wildman–Crippen LogP) is 5.53. The van der Waals surface area contributed by atoms with Gasteiger partial charge in [-0.05, 0) is 83.7 Å². The molecule has 0 spiro atoms. The van der Waals surface area contributed by atoms with Gasteiger partial charge in [0.2, 0.25) is 0 Å². The maximum atomic E-state index is 2.60. The molecule has 0 aliphatic carbocycles. The smallest absolute Gasteiger partial charge is 0.0125 e. The molecule has 0 radical (unpaired) electrons. The Morgan fingerprint density at radius 3 is 1.54 bits per heavy atom. The highest BCUT2D eigenvalue weighted by molar-refractivity contribution is 4.93. The summed E-state index contributed by atoms with van der Waals surface area (Å²) in [7, 11) is 0. The van der Waals surface area contributed by atoms with Gasteiger partial charge < -0.3 is 4.90 Å². The van der Waals surface area contributed by atoms with Gasteiger partial charge in [0, 0.05) is 24.7 Å². The first kappa shape index (κ1) is 22.0. The summed E-state index contributed by atoms with van der Waals surface area (Å²) in [5.74, 6) is 2.77. The van der Waals surface area contributed by atoms with Crippen LogP contribution in [0.4, 0.5) is 0 Å². The van der Waals surface area contributed by atoms with E-state index in [2.05, 4.69) is 79.0 Å². The van der Waals surface area contributed by atoms with Gasteiger partial charge in [0.1, 0.15) is 0 Å². The molecule has 24 heavy (non-hydrogen) atoms. The van der Waals surface area contributed by atoms with Crippen molar-refractivity contribution in [1.29, 1.82) is 0 Å². The topological polar surface area (TPSA) is 6.48 Å². The van der Waals surface area contributed by atoms with E-state index in [1.54, 1.807) is 0 Å². The van der Waals surface area contributed by atoms with Crippen LogP contribution in [0.5, 0.6) is 0 Å². The molecule has 2 aliphatic heterocycles. The molecule has 2 heterocycles. The fourth-order valence-corrected chi connectivity index (χ4v) is 3.68. The molecule has 0 amide bonds. The molecule has 0 unspecified atom stereocenters.